The predicted octanol–water partition coefficient (Wildman–Crippen LogP) is 2.97. The Hall–Kier alpha value is -0.580. The van der Waals surface area contributed by atoms with Gasteiger partial charge in [-0.3, -0.25) is 4.79 Å². The maximum Gasteiger partial charge on any atom is 0.252 e. The van der Waals surface area contributed by atoms with E-state index in [0.717, 1.165) is 17.4 Å². The number of hydrogen-bond donors (Lipinski definition) is 2. The monoisotopic (exact) mass is 330 g/mol. The summed E-state index contributed by atoms with van der Waals surface area (Å²) in [5, 5.41) is 6.80. The first-order valence-corrected chi connectivity index (χ1v) is 7.30. The van der Waals surface area contributed by atoms with E-state index in [4.69, 9.17) is 11.6 Å². The molecule has 2 rings (SSSR count). The third kappa shape index (κ3) is 3.70. The predicted molar refractivity (Wildman–Crippen MR) is 77.1 cm³/mol. The van der Waals surface area contributed by atoms with Gasteiger partial charge >= 0.3 is 0 Å². The maximum atomic E-state index is 12.0. The molecule has 1 aliphatic heterocycles. The molecule has 1 fully saturated rings. The second kappa shape index (κ2) is 6.55. The van der Waals surface area contributed by atoms with Gasteiger partial charge in [0.15, 0.2) is 0 Å². The van der Waals surface area contributed by atoms with Crippen LogP contribution in [0.25, 0.3) is 0 Å². The average molecular weight is 332 g/mol. The van der Waals surface area contributed by atoms with Gasteiger partial charge in [0.25, 0.3) is 5.91 Å². The van der Waals surface area contributed by atoms with Crippen LogP contribution in [0, 0.1) is 0 Å². The van der Waals surface area contributed by atoms with Crippen LogP contribution >= 0.6 is 27.5 Å². The normalized spacial score (nSPS) is 18.9. The molecular formula is C13H16BrClN2O. The molecular weight excluding hydrogens is 316 g/mol. The number of rotatable bonds is 4. The molecule has 0 bridgehead atoms. The number of carbonyl (C=O) groups is 1. The fraction of sp³-hybridized carbons (Fsp3) is 0.462. The van der Waals surface area contributed by atoms with E-state index in [1.165, 1.54) is 12.8 Å². The molecule has 3 nitrogen and oxygen atoms in total. The van der Waals surface area contributed by atoms with Gasteiger partial charge in [-0.25, -0.2) is 0 Å². The molecule has 0 radical (unpaired) electrons. The highest BCUT2D eigenvalue weighted by molar-refractivity contribution is 9.10. The zero-order chi connectivity index (χ0) is 13.0. The van der Waals surface area contributed by atoms with Crippen molar-refractivity contribution >= 4 is 33.4 Å². The van der Waals surface area contributed by atoms with Gasteiger partial charge in [-0.05, 0) is 44.0 Å². The number of carbonyl (C=O) groups excluding carboxylic acids is 1. The van der Waals surface area contributed by atoms with E-state index < -0.39 is 0 Å². The topological polar surface area (TPSA) is 41.1 Å². The Morgan fingerprint density at radius 3 is 3.11 bits per heavy atom. The van der Waals surface area contributed by atoms with Crippen molar-refractivity contribution in [3.63, 3.8) is 0 Å². The van der Waals surface area contributed by atoms with Crippen molar-refractivity contribution in [3.05, 3.63) is 33.3 Å². The van der Waals surface area contributed by atoms with Crippen molar-refractivity contribution < 1.29 is 4.79 Å². The zero-order valence-electron chi connectivity index (χ0n) is 10.0. The van der Waals surface area contributed by atoms with Crippen LogP contribution in [0.1, 0.15) is 29.6 Å². The number of benzene rings is 1. The molecule has 0 spiro atoms. The lowest BCUT2D eigenvalue weighted by atomic mass is 10.1. The van der Waals surface area contributed by atoms with Gasteiger partial charge in [0, 0.05) is 17.1 Å². The highest BCUT2D eigenvalue weighted by atomic mass is 79.9. The summed E-state index contributed by atoms with van der Waals surface area (Å²) in [7, 11) is 0. The molecule has 1 aromatic rings. The fourth-order valence-corrected chi connectivity index (χ4v) is 2.69. The first-order valence-electron chi connectivity index (χ1n) is 6.13. The van der Waals surface area contributed by atoms with E-state index in [1.807, 2.05) is 6.07 Å². The molecule has 1 aromatic carbocycles. The molecule has 2 N–H and O–H groups in total. The molecule has 1 heterocycles. The summed E-state index contributed by atoms with van der Waals surface area (Å²) in [4.78, 5) is 12.0. The van der Waals surface area contributed by atoms with E-state index >= 15 is 0 Å². The molecule has 1 saturated heterocycles. The average Bonchev–Trinajstić information content (AvgIpc) is 2.85. The lowest BCUT2D eigenvalue weighted by molar-refractivity contribution is 0.0952. The minimum Gasteiger partial charge on any atom is -0.352 e. The van der Waals surface area contributed by atoms with Gasteiger partial charge in [0.1, 0.15) is 0 Å². The van der Waals surface area contributed by atoms with Crippen LogP contribution in [-0.2, 0) is 0 Å². The SMILES string of the molecule is O=C(NCC[C@H]1CCCN1)c1cc(Br)ccc1Cl. The van der Waals surface area contributed by atoms with Crippen LogP contribution in [0.2, 0.25) is 5.02 Å². The molecule has 18 heavy (non-hydrogen) atoms. The molecule has 98 valence electrons. The van der Waals surface area contributed by atoms with Crippen LogP contribution < -0.4 is 10.6 Å². The highest BCUT2D eigenvalue weighted by Crippen LogP contribution is 2.20. The highest BCUT2D eigenvalue weighted by Gasteiger charge is 2.15. The van der Waals surface area contributed by atoms with Gasteiger partial charge in [-0.15, -0.1) is 0 Å². The molecule has 0 aliphatic carbocycles. The second-order valence-corrected chi connectivity index (χ2v) is 5.78. The van der Waals surface area contributed by atoms with Crippen molar-refractivity contribution in [2.45, 2.75) is 25.3 Å². The summed E-state index contributed by atoms with van der Waals surface area (Å²) in [5.41, 5.74) is 0.519. The Morgan fingerprint density at radius 1 is 1.56 bits per heavy atom. The van der Waals surface area contributed by atoms with Gasteiger partial charge < -0.3 is 10.6 Å². The lowest BCUT2D eigenvalue weighted by Crippen LogP contribution is -2.30. The van der Waals surface area contributed by atoms with Crippen molar-refractivity contribution in [2.24, 2.45) is 0 Å². The Labute approximate surface area is 120 Å². The summed E-state index contributed by atoms with van der Waals surface area (Å²) in [5.74, 6) is -0.112. The summed E-state index contributed by atoms with van der Waals surface area (Å²) < 4.78 is 0.856. The van der Waals surface area contributed by atoms with Crippen LogP contribution in [-0.4, -0.2) is 25.0 Å². The van der Waals surface area contributed by atoms with Crippen molar-refractivity contribution in [3.8, 4) is 0 Å². The van der Waals surface area contributed by atoms with Crippen molar-refractivity contribution in [1.82, 2.24) is 10.6 Å². The molecule has 0 aromatic heterocycles. The third-order valence-corrected chi connectivity index (χ3v) is 3.94. The third-order valence-electron chi connectivity index (χ3n) is 3.11. The Morgan fingerprint density at radius 2 is 2.39 bits per heavy atom. The summed E-state index contributed by atoms with van der Waals surface area (Å²) in [6.07, 6.45) is 3.40. The minimum absolute atomic E-state index is 0.112. The van der Waals surface area contributed by atoms with Gasteiger partial charge in [0.05, 0.1) is 10.6 Å². The summed E-state index contributed by atoms with van der Waals surface area (Å²) in [6, 6.07) is 5.83. The number of amides is 1. The minimum atomic E-state index is -0.112. The van der Waals surface area contributed by atoms with Crippen LogP contribution in [0.4, 0.5) is 0 Å². The van der Waals surface area contributed by atoms with E-state index in [9.17, 15) is 4.79 Å². The molecule has 1 amide bonds. The van der Waals surface area contributed by atoms with Crippen LogP contribution in [0.15, 0.2) is 22.7 Å². The lowest BCUT2D eigenvalue weighted by Gasteiger charge is -2.11. The Kier molecular flexibility index (Phi) is 5.03. The standard InChI is InChI=1S/C13H16BrClN2O/c14-9-3-4-12(15)11(8-9)13(18)17-7-5-10-2-1-6-16-10/h3-4,8,10,16H,1-2,5-7H2,(H,17,18)/t10-/m1/s1. The Balaban J connectivity index is 1.85. The van der Waals surface area contributed by atoms with Crippen molar-refractivity contribution in [1.29, 1.82) is 0 Å². The molecule has 1 aliphatic rings. The smallest absolute Gasteiger partial charge is 0.252 e. The van der Waals surface area contributed by atoms with E-state index in [1.54, 1.807) is 12.1 Å². The second-order valence-electron chi connectivity index (χ2n) is 4.46. The van der Waals surface area contributed by atoms with Gasteiger partial charge in [0.2, 0.25) is 0 Å². The largest absolute Gasteiger partial charge is 0.352 e. The van der Waals surface area contributed by atoms with Crippen molar-refractivity contribution in [2.75, 3.05) is 13.1 Å². The number of hydrogen-bond acceptors (Lipinski definition) is 2. The molecule has 0 saturated carbocycles. The zero-order valence-corrected chi connectivity index (χ0v) is 12.4. The van der Waals surface area contributed by atoms with E-state index in [2.05, 4.69) is 26.6 Å². The number of nitrogens with one attached hydrogen (secondary N) is 2. The van der Waals surface area contributed by atoms with E-state index in [-0.39, 0.29) is 5.91 Å². The first-order chi connectivity index (χ1) is 8.66. The van der Waals surface area contributed by atoms with Crippen LogP contribution in [0.3, 0.4) is 0 Å². The summed E-state index contributed by atoms with van der Waals surface area (Å²) >= 11 is 9.34. The maximum absolute atomic E-state index is 12.0. The van der Waals surface area contributed by atoms with E-state index in [0.29, 0.717) is 23.2 Å². The molecule has 1 atom stereocenters. The Bertz CT molecular complexity index is 433. The van der Waals surface area contributed by atoms with Gasteiger partial charge in [-0.1, -0.05) is 27.5 Å². The molecule has 0 unspecified atom stereocenters. The number of halogens is 2. The molecule has 5 heteroatoms. The summed E-state index contributed by atoms with van der Waals surface area (Å²) in [6.45, 7) is 1.77. The van der Waals surface area contributed by atoms with Gasteiger partial charge in [-0.2, -0.15) is 0 Å². The first kappa shape index (κ1) is 13.8. The van der Waals surface area contributed by atoms with Crippen LogP contribution in [0.5, 0.6) is 0 Å². The fourth-order valence-electron chi connectivity index (χ4n) is 2.13. The quantitative estimate of drug-likeness (QED) is 0.890.